The summed E-state index contributed by atoms with van der Waals surface area (Å²) in [5.41, 5.74) is 2.85. The Hall–Kier alpha value is -2.18. The van der Waals surface area contributed by atoms with Gasteiger partial charge in [0.25, 0.3) is 0 Å². The highest BCUT2D eigenvalue weighted by atomic mass is 19.1. The minimum Gasteiger partial charge on any atom is -0.385 e. The van der Waals surface area contributed by atoms with Crippen molar-refractivity contribution in [3.05, 3.63) is 54.1 Å². The number of halogens is 1. The number of piperidine rings is 1. The Kier molecular flexibility index (Phi) is 4.91. The highest BCUT2D eigenvalue weighted by Crippen LogP contribution is 2.51. The maximum atomic E-state index is 14.5. The molecule has 1 aromatic carbocycles. The summed E-state index contributed by atoms with van der Waals surface area (Å²) in [4.78, 5) is 8.79. The van der Waals surface area contributed by atoms with E-state index < -0.39 is 0 Å². The third-order valence-corrected chi connectivity index (χ3v) is 6.42. The molecule has 5 rings (SSSR count). The first kappa shape index (κ1) is 17.9. The number of hydrogen-bond donors (Lipinski definition) is 1. The lowest BCUT2D eigenvalue weighted by atomic mass is 10.2. The molecule has 1 saturated carbocycles. The van der Waals surface area contributed by atoms with E-state index in [4.69, 9.17) is 4.74 Å². The van der Waals surface area contributed by atoms with Crippen LogP contribution in [0.4, 0.5) is 15.8 Å². The van der Waals surface area contributed by atoms with Gasteiger partial charge in [0.1, 0.15) is 5.82 Å². The zero-order valence-corrected chi connectivity index (χ0v) is 16.1. The van der Waals surface area contributed by atoms with Gasteiger partial charge in [0, 0.05) is 57.3 Å². The van der Waals surface area contributed by atoms with Crippen LogP contribution in [-0.4, -0.2) is 55.8 Å². The molecule has 2 saturated heterocycles. The Morgan fingerprint density at radius 1 is 1.14 bits per heavy atom. The SMILES string of the molecule is Fc1cc(NCC2C3CN(Cc4cccnc4)CC23)ccc1N1CCOCC1. The van der Waals surface area contributed by atoms with Crippen LogP contribution in [0.15, 0.2) is 42.7 Å². The van der Waals surface area contributed by atoms with Gasteiger partial charge in [-0.3, -0.25) is 9.88 Å². The molecule has 0 radical (unpaired) electrons. The van der Waals surface area contributed by atoms with Crippen LogP contribution in [0.25, 0.3) is 0 Å². The van der Waals surface area contributed by atoms with Crippen LogP contribution in [0, 0.1) is 23.6 Å². The van der Waals surface area contributed by atoms with Crippen LogP contribution in [-0.2, 0) is 11.3 Å². The number of nitrogens with one attached hydrogen (secondary N) is 1. The average molecular weight is 382 g/mol. The van der Waals surface area contributed by atoms with Crippen LogP contribution in [0.1, 0.15) is 5.56 Å². The van der Waals surface area contributed by atoms with E-state index in [0.29, 0.717) is 24.8 Å². The quantitative estimate of drug-likeness (QED) is 0.832. The molecule has 148 valence electrons. The van der Waals surface area contributed by atoms with E-state index >= 15 is 0 Å². The number of hydrogen-bond acceptors (Lipinski definition) is 5. The van der Waals surface area contributed by atoms with Gasteiger partial charge in [0.15, 0.2) is 0 Å². The molecule has 1 aliphatic carbocycles. The molecule has 6 heteroatoms. The Balaban J connectivity index is 1.10. The number of nitrogens with zero attached hydrogens (tertiary/aromatic N) is 3. The molecule has 1 aromatic heterocycles. The summed E-state index contributed by atoms with van der Waals surface area (Å²) in [7, 11) is 0. The van der Waals surface area contributed by atoms with E-state index in [0.717, 1.165) is 56.8 Å². The number of rotatable bonds is 6. The van der Waals surface area contributed by atoms with Gasteiger partial charge in [-0.05, 0) is 47.6 Å². The zero-order chi connectivity index (χ0) is 18.9. The van der Waals surface area contributed by atoms with E-state index in [1.54, 1.807) is 6.07 Å². The van der Waals surface area contributed by atoms with Gasteiger partial charge in [0.05, 0.1) is 18.9 Å². The molecule has 0 bridgehead atoms. The lowest BCUT2D eigenvalue weighted by Gasteiger charge is -2.29. The number of likely N-dealkylation sites (tertiary alicyclic amines) is 1. The number of ether oxygens (including phenoxy) is 1. The van der Waals surface area contributed by atoms with Gasteiger partial charge in [0.2, 0.25) is 0 Å². The molecule has 5 nitrogen and oxygen atoms in total. The fourth-order valence-corrected chi connectivity index (χ4v) is 4.83. The van der Waals surface area contributed by atoms with E-state index in [-0.39, 0.29) is 5.82 Å². The maximum Gasteiger partial charge on any atom is 0.148 e. The summed E-state index contributed by atoms with van der Waals surface area (Å²) >= 11 is 0. The Morgan fingerprint density at radius 2 is 1.96 bits per heavy atom. The van der Waals surface area contributed by atoms with E-state index in [2.05, 4.69) is 26.2 Å². The highest BCUT2D eigenvalue weighted by molar-refractivity contribution is 5.56. The van der Waals surface area contributed by atoms with Crippen LogP contribution < -0.4 is 10.2 Å². The first-order chi connectivity index (χ1) is 13.8. The Morgan fingerprint density at radius 3 is 2.68 bits per heavy atom. The van der Waals surface area contributed by atoms with E-state index in [1.165, 1.54) is 5.56 Å². The summed E-state index contributed by atoms with van der Waals surface area (Å²) in [6.07, 6.45) is 3.78. The second-order valence-electron chi connectivity index (χ2n) is 8.19. The number of fused-ring (bicyclic) bond motifs is 1. The molecule has 2 unspecified atom stereocenters. The van der Waals surface area contributed by atoms with Crippen molar-refractivity contribution in [2.24, 2.45) is 17.8 Å². The van der Waals surface area contributed by atoms with E-state index in [1.807, 2.05) is 30.6 Å². The molecule has 0 amide bonds. The third-order valence-electron chi connectivity index (χ3n) is 6.42. The molecular weight excluding hydrogens is 355 g/mol. The second-order valence-corrected chi connectivity index (χ2v) is 8.19. The molecule has 1 N–H and O–H groups in total. The lowest BCUT2D eigenvalue weighted by Crippen LogP contribution is -2.36. The second kappa shape index (κ2) is 7.68. The van der Waals surface area contributed by atoms with Crippen molar-refractivity contribution in [2.75, 3.05) is 56.2 Å². The molecule has 2 aromatic rings. The smallest absolute Gasteiger partial charge is 0.148 e. The molecule has 2 atom stereocenters. The van der Waals surface area contributed by atoms with Crippen molar-refractivity contribution in [2.45, 2.75) is 6.54 Å². The summed E-state index contributed by atoms with van der Waals surface area (Å²) < 4.78 is 19.9. The fourth-order valence-electron chi connectivity index (χ4n) is 4.83. The van der Waals surface area contributed by atoms with Gasteiger partial charge >= 0.3 is 0 Å². The first-order valence-corrected chi connectivity index (χ1v) is 10.3. The summed E-state index contributed by atoms with van der Waals surface area (Å²) in [6, 6.07) is 9.68. The van der Waals surface area contributed by atoms with Crippen LogP contribution in [0.2, 0.25) is 0 Å². The molecule has 0 spiro atoms. The van der Waals surface area contributed by atoms with Gasteiger partial charge < -0.3 is 15.0 Å². The Bertz CT molecular complexity index is 799. The van der Waals surface area contributed by atoms with Crippen LogP contribution in [0.3, 0.4) is 0 Å². The van der Waals surface area contributed by atoms with Crippen molar-refractivity contribution in [3.8, 4) is 0 Å². The van der Waals surface area contributed by atoms with E-state index in [9.17, 15) is 4.39 Å². The number of pyridine rings is 1. The van der Waals surface area contributed by atoms with Gasteiger partial charge in [-0.2, -0.15) is 0 Å². The van der Waals surface area contributed by atoms with Crippen molar-refractivity contribution < 1.29 is 9.13 Å². The molecule has 28 heavy (non-hydrogen) atoms. The zero-order valence-electron chi connectivity index (χ0n) is 16.1. The van der Waals surface area contributed by atoms with Crippen molar-refractivity contribution in [1.29, 1.82) is 0 Å². The number of anilines is 2. The van der Waals surface area contributed by atoms with Gasteiger partial charge in [-0.15, -0.1) is 0 Å². The largest absolute Gasteiger partial charge is 0.385 e. The predicted octanol–water partition coefficient (Wildman–Crippen LogP) is 2.85. The third kappa shape index (κ3) is 3.71. The molecule has 3 aliphatic rings. The molecule has 3 fully saturated rings. The minimum atomic E-state index is -0.148. The Labute approximate surface area is 165 Å². The molecular formula is C22H27FN4O. The van der Waals surface area contributed by atoms with Crippen molar-refractivity contribution >= 4 is 11.4 Å². The first-order valence-electron chi connectivity index (χ1n) is 10.3. The fraction of sp³-hybridized carbons (Fsp3) is 0.500. The van der Waals surface area contributed by atoms with Gasteiger partial charge in [-0.1, -0.05) is 6.07 Å². The highest BCUT2D eigenvalue weighted by Gasteiger charge is 2.54. The van der Waals surface area contributed by atoms with Crippen molar-refractivity contribution in [1.82, 2.24) is 9.88 Å². The lowest BCUT2D eigenvalue weighted by molar-refractivity contribution is 0.122. The standard InChI is InChI=1S/C22H27FN4O/c23-21-10-17(3-4-22(21)27-6-8-28-9-7-27)25-12-18-19-14-26(15-20(18)19)13-16-2-1-5-24-11-16/h1-5,10-11,18-20,25H,6-9,12-15H2. The molecule has 2 aliphatic heterocycles. The number of morpholine rings is 1. The molecule has 3 heterocycles. The predicted molar refractivity (Wildman–Crippen MR) is 108 cm³/mol. The average Bonchev–Trinajstić information content (AvgIpc) is 3.19. The van der Waals surface area contributed by atoms with Gasteiger partial charge in [-0.25, -0.2) is 4.39 Å². The maximum absolute atomic E-state index is 14.5. The number of benzene rings is 1. The van der Waals surface area contributed by atoms with Crippen LogP contribution >= 0.6 is 0 Å². The normalized spacial score (nSPS) is 26.9. The number of aromatic nitrogens is 1. The van der Waals surface area contributed by atoms with Crippen molar-refractivity contribution in [3.63, 3.8) is 0 Å². The van der Waals surface area contributed by atoms with Crippen LogP contribution in [0.5, 0.6) is 0 Å². The summed E-state index contributed by atoms with van der Waals surface area (Å²) in [5, 5.41) is 3.46. The topological polar surface area (TPSA) is 40.6 Å². The minimum absolute atomic E-state index is 0.148. The summed E-state index contributed by atoms with van der Waals surface area (Å²) in [6.45, 7) is 7.10. The summed E-state index contributed by atoms with van der Waals surface area (Å²) in [5.74, 6) is 2.13. The monoisotopic (exact) mass is 382 g/mol.